The summed E-state index contributed by atoms with van der Waals surface area (Å²) in [6.45, 7) is 2.05. The van der Waals surface area contributed by atoms with Crippen LogP contribution in [0.3, 0.4) is 0 Å². The van der Waals surface area contributed by atoms with Gasteiger partial charge >= 0.3 is 11.9 Å². The van der Waals surface area contributed by atoms with Gasteiger partial charge in [-0.3, -0.25) is 0 Å². The van der Waals surface area contributed by atoms with Crippen LogP contribution in [-0.2, 0) is 21.5 Å². The quantitative estimate of drug-likeness (QED) is 0.708. The molecule has 0 bridgehead atoms. The van der Waals surface area contributed by atoms with Gasteiger partial charge in [0.1, 0.15) is 0 Å². The predicted octanol–water partition coefficient (Wildman–Crippen LogP) is 3.47. The zero-order valence-corrected chi connectivity index (χ0v) is 14.5. The summed E-state index contributed by atoms with van der Waals surface area (Å²) in [5.74, 6) is -2.51. The summed E-state index contributed by atoms with van der Waals surface area (Å²) in [7, 11) is 0. The third kappa shape index (κ3) is 8.15. The molecule has 0 aliphatic heterocycles. The van der Waals surface area contributed by atoms with E-state index in [-0.39, 0.29) is 5.54 Å². The van der Waals surface area contributed by atoms with Gasteiger partial charge in [0.2, 0.25) is 0 Å². The van der Waals surface area contributed by atoms with E-state index >= 15 is 0 Å². The Kier molecular flexibility index (Phi) is 7.85. The Morgan fingerprint density at radius 1 is 1.00 bits per heavy atom. The standard InChI is InChI=1S/C15H16ClN.C4H4O4/c1-15(17,13-5-3-2-4-6-13)11-12-7-9-14(16)10-8-12;5-3(6)1-2-4(7)8/h2-10H,11,17H2,1H3;1-2H,(H,5,6)(H,7,8)/b;2-1-. The first kappa shape index (κ1) is 20.4. The summed E-state index contributed by atoms with van der Waals surface area (Å²) in [4.78, 5) is 19.1. The number of hydrogen-bond donors (Lipinski definition) is 3. The molecule has 6 heteroatoms. The highest BCUT2D eigenvalue weighted by molar-refractivity contribution is 6.30. The third-order valence-electron chi connectivity index (χ3n) is 3.29. The van der Waals surface area contributed by atoms with Crippen molar-refractivity contribution in [2.24, 2.45) is 5.73 Å². The third-order valence-corrected chi connectivity index (χ3v) is 3.54. The SMILES string of the molecule is CC(N)(Cc1ccc(Cl)cc1)c1ccccc1.O=C(O)/C=C\C(=O)O. The summed E-state index contributed by atoms with van der Waals surface area (Å²) in [5, 5.41) is 16.4. The number of hydrogen-bond acceptors (Lipinski definition) is 3. The van der Waals surface area contributed by atoms with Crippen LogP contribution in [0.2, 0.25) is 5.02 Å². The molecule has 0 saturated carbocycles. The summed E-state index contributed by atoms with van der Waals surface area (Å²) in [5.41, 5.74) is 8.37. The number of benzene rings is 2. The van der Waals surface area contributed by atoms with Crippen LogP contribution in [0, 0.1) is 0 Å². The zero-order valence-electron chi connectivity index (χ0n) is 13.7. The van der Waals surface area contributed by atoms with E-state index in [1.807, 2.05) is 42.5 Å². The first-order chi connectivity index (χ1) is 11.7. The van der Waals surface area contributed by atoms with Crippen LogP contribution < -0.4 is 5.73 Å². The van der Waals surface area contributed by atoms with Crippen molar-refractivity contribution < 1.29 is 19.8 Å². The molecule has 0 radical (unpaired) electrons. The number of carbonyl (C=O) groups is 2. The molecule has 1 unspecified atom stereocenters. The second-order valence-corrected chi connectivity index (χ2v) is 6.03. The molecule has 5 nitrogen and oxygen atoms in total. The Morgan fingerprint density at radius 3 is 1.92 bits per heavy atom. The lowest BCUT2D eigenvalue weighted by molar-refractivity contribution is -0.134. The van der Waals surface area contributed by atoms with E-state index in [0.717, 1.165) is 17.0 Å². The minimum absolute atomic E-state index is 0.352. The van der Waals surface area contributed by atoms with Crippen LogP contribution in [0.5, 0.6) is 0 Å². The second-order valence-electron chi connectivity index (χ2n) is 5.60. The van der Waals surface area contributed by atoms with Crippen LogP contribution in [0.15, 0.2) is 66.7 Å². The van der Waals surface area contributed by atoms with E-state index in [9.17, 15) is 9.59 Å². The van der Waals surface area contributed by atoms with Crippen LogP contribution in [0.4, 0.5) is 0 Å². The molecule has 132 valence electrons. The highest BCUT2D eigenvalue weighted by atomic mass is 35.5. The molecular weight excluding hydrogens is 342 g/mol. The van der Waals surface area contributed by atoms with E-state index in [1.54, 1.807) is 0 Å². The molecular formula is C19H20ClNO4. The molecule has 0 aromatic heterocycles. The summed E-state index contributed by atoms with van der Waals surface area (Å²) >= 11 is 5.87. The van der Waals surface area contributed by atoms with Crippen LogP contribution in [0.1, 0.15) is 18.1 Å². The Labute approximate surface area is 151 Å². The molecule has 0 aliphatic carbocycles. The average Bonchev–Trinajstić information content (AvgIpc) is 2.56. The molecule has 2 aromatic carbocycles. The maximum Gasteiger partial charge on any atom is 0.328 e. The smallest absolute Gasteiger partial charge is 0.328 e. The molecule has 4 N–H and O–H groups in total. The molecule has 0 fully saturated rings. The number of halogens is 1. The van der Waals surface area contributed by atoms with Crippen molar-refractivity contribution in [3.8, 4) is 0 Å². The van der Waals surface area contributed by atoms with Crippen molar-refractivity contribution in [3.05, 3.63) is 82.9 Å². The van der Waals surface area contributed by atoms with E-state index in [2.05, 4.69) is 19.1 Å². The number of aliphatic carboxylic acids is 2. The summed E-state index contributed by atoms with van der Waals surface area (Å²) in [6, 6.07) is 18.0. The molecule has 1 atom stereocenters. The van der Waals surface area contributed by atoms with Crippen molar-refractivity contribution >= 4 is 23.5 Å². The topological polar surface area (TPSA) is 101 Å². The molecule has 0 amide bonds. The minimum atomic E-state index is -1.26. The van der Waals surface area contributed by atoms with Gasteiger partial charge in [0.25, 0.3) is 0 Å². The highest BCUT2D eigenvalue weighted by Gasteiger charge is 2.21. The molecule has 2 aromatic rings. The first-order valence-corrected chi connectivity index (χ1v) is 7.81. The Hall–Kier alpha value is -2.63. The van der Waals surface area contributed by atoms with Crippen molar-refractivity contribution in [2.75, 3.05) is 0 Å². The molecule has 0 spiro atoms. The van der Waals surface area contributed by atoms with Crippen molar-refractivity contribution in [1.82, 2.24) is 0 Å². The molecule has 25 heavy (non-hydrogen) atoms. The molecule has 0 heterocycles. The Balaban J connectivity index is 0.000000333. The van der Waals surface area contributed by atoms with Gasteiger partial charge in [-0.25, -0.2) is 9.59 Å². The van der Waals surface area contributed by atoms with Crippen LogP contribution in [0.25, 0.3) is 0 Å². The van der Waals surface area contributed by atoms with Gasteiger partial charge in [-0.05, 0) is 36.6 Å². The average molecular weight is 362 g/mol. The minimum Gasteiger partial charge on any atom is -0.478 e. The lowest BCUT2D eigenvalue weighted by atomic mass is 9.87. The van der Waals surface area contributed by atoms with Gasteiger partial charge in [0.05, 0.1) is 0 Å². The van der Waals surface area contributed by atoms with E-state index in [0.29, 0.717) is 12.2 Å². The number of nitrogens with two attached hydrogens (primary N) is 1. The monoisotopic (exact) mass is 361 g/mol. The Morgan fingerprint density at radius 2 is 1.48 bits per heavy atom. The van der Waals surface area contributed by atoms with E-state index in [4.69, 9.17) is 27.5 Å². The van der Waals surface area contributed by atoms with Gasteiger partial charge in [-0.2, -0.15) is 0 Å². The van der Waals surface area contributed by atoms with Crippen LogP contribution >= 0.6 is 11.6 Å². The number of carboxylic acid groups (broad SMARTS) is 2. The van der Waals surface area contributed by atoms with Crippen molar-refractivity contribution in [2.45, 2.75) is 18.9 Å². The van der Waals surface area contributed by atoms with Gasteiger partial charge in [0, 0.05) is 22.7 Å². The van der Waals surface area contributed by atoms with Gasteiger partial charge < -0.3 is 15.9 Å². The maximum absolute atomic E-state index is 9.55. The van der Waals surface area contributed by atoms with Crippen molar-refractivity contribution in [1.29, 1.82) is 0 Å². The fourth-order valence-corrected chi connectivity index (χ4v) is 2.22. The van der Waals surface area contributed by atoms with Gasteiger partial charge in [-0.15, -0.1) is 0 Å². The lowest BCUT2D eigenvalue weighted by Gasteiger charge is -2.25. The highest BCUT2D eigenvalue weighted by Crippen LogP contribution is 2.23. The van der Waals surface area contributed by atoms with Gasteiger partial charge in [-0.1, -0.05) is 54.1 Å². The predicted molar refractivity (Wildman–Crippen MR) is 97.5 cm³/mol. The first-order valence-electron chi connectivity index (χ1n) is 7.43. The van der Waals surface area contributed by atoms with Crippen LogP contribution in [-0.4, -0.2) is 22.2 Å². The summed E-state index contributed by atoms with van der Waals surface area (Å²) < 4.78 is 0. The molecule has 0 aliphatic rings. The Bertz CT molecular complexity index is 709. The van der Waals surface area contributed by atoms with E-state index < -0.39 is 11.9 Å². The number of carboxylic acids is 2. The largest absolute Gasteiger partial charge is 0.478 e. The molecule has 2 rings (SSSR count). The fraction of sp³-hybridized carbons (Fsp3) is 0.158. The van der Waals surface area contributed by atoms with E-state index in [1.165, 1.54) is 5.56 Å². The second kappa shape index (κ2) is 9.61. The van der Waals surface area contributed by atoms with Gasteiger partial charge in [0.15, 0.2) is 0 Å². The number of rotatable bonds is 5. The zero-order chi connectivity index (χ0) is 18.9. The van der Waals surface area contributed by atoms with Crippen molar-refractivity contribution in [3.63, 3.8) is 0 Å². The summed E-state index contributed by atoms with van der Waals surface area (Å²) in [6.07, 6.45) is 1.92. The normalized spacial score (nSPS) is 12.8. The lowest BCUT2D eigenvalue weighted by Crippen LogP contribution is -2.35. The maximum atomic E-state index is 9.55. The fourth-order valence-electron chi connectivity index (χ4n) is 2.09. The molecule has 0 saturated heterocycles.